The maximum Gasteiger partial charge on any atom is 0.191 e. The third-order valence-corrected chi connectivity index (χ3v) is 3.80. The first-order chi connectivity index (χ1) is 10.1. The van der Waals surface area contributed by atoms with Crippen molar-refractivity contribution < 1.29 is 4.39 Å². The lowest BCUT2D eigenvalue weighted by Gasteiger charge is -2.26. The molecule has 0 bridgehead atoms. The van der Waals surface area contributed by atoms with Gasteiger partial charge >= 0.3 is 0 Å². The zero-order valence-electron chi connectivity index (χ0n) is 13.5. The summed E-state index contributed by atoms with van der Waals surface area (Å²) in [5, 5.41) is 6.66. The fourth-order valence-corrected chi connectivity index (χ4v) is 2.29. The molecule has 124 valence electrons. The molecule has 4 nitrogen and oxygen atoms in total. The van der Waals surface area contributed by atoms with Crippen LogP contribution in [0, 0.1) is 11.7 Å². The molecule has 0 spiro atoms. The number of guanidine groups is 1. The Morgan fingerprint density at radius 1 is 1.36 bits per heavy atom. The largest absolute Gasteiger partial charge is 0.356 e. The van der Waals surface area contributed by atoms with Crippen LogP contribution in [0.1, 0.15) is 24.4 Å². The van der Waals surface area contributed by atoms with E-state index in [-0.39, 0.29) is 35.8 Å². The highest BCUT2D eigenvalue weighted by Crippen LogP contribution is 2.27. The molecule has 0 amide bonds. The SMILES string of the molecule is CN=C(NCC1CC1)NCC(c1cccc(F)c1)N(C)C.I. The van der Waals surface area contributed by atoms with Crippen molar-refractivity contribution in [3.05, 3.63) is 35.6 Å². The third-order valence-electron chi connectivity index (χ3n) is 3.80. The van der Waals surface area contributed by atoms with E-state index in [1.807, 2.05) is 20.2 Å². The van der Waals surface area contributed by atoms with Gasteiger partial charge in [0.15, 0.2) is 5.96 Å². The number of hydrogen-bond acceptors (Lipinski definition) is 2. The minimum Gasteiger partial charge on any atom is -0.356 e. The lowest BCUT2D eigenvalue weighted by atomic mass is 10.1. The molecular weight excluding hydrogens is 394 g/mol. The zero-order chi connectivity index (χ0) is 15.2. The molecule has 1 aliphatic rings. The monoisotopic (exact) mass is 420 g/mol. The van der Waals surface area contributed by atoms with Gasteiger partial charge in [0.1, 0.15) is 5.82 Å². The molecule has 2 N–H and O–H groups in total. The second kappa shape index (κ2) is 9.29. The van der Waals surface area contributed by atoms with Gasteiger partial charge in [0.05, 0.1) is 6.04 Å². The first-order valence-electron chi connectivity index (χ1n) is 7.46. The van der Waals surface area contributed by atoms with Gasteiger partial charge in [-0.3, -0.25) is 4.99 Å². The zero-order valence-corrected chi connectivity index (χ0v) is 15.8. The maximum atomic E-state index is 13.4. The summed E-state index contributed by atoms with van der Waals surface area (Å²) < 4.78 is 13.4. The van der Waals surface area contributed by atoms with E-state index >= 15 is 0 Å². The van der Waals surface area contributed by atoms with Crippen LogP contribution in [0.3, 0.4) is 0 Å². The number of halogens is 2. The van der Waals surface area contributed by atoms with Crippen molar-refractivity contribution in [1.29, 1.82) is 0 Å². The molecule has 0 radical (unpaired) electrons. The Morgan fingerprint density at radius 3 is 2.64 bits per heavy atom. The quantitative estimate of drug-likeness (QED) is 0.422. The van der Waals surface area contributed by atoms with Crippen LogP contribution in [0.15, 0.2) is 29.3 Å². The van der Waals surface area contributed by atoms with Crippen molar-refractivity contribution in [2.24, 2.45) is 10.9 Å². The van der Waals surface area contributed by atoms with Gasteiger partial charge in [0.2, 0.25) is 0 Å². The van der Waals surface area contributed by atoms with E-state index in [0.29, 0.717) is 6.54 Å². The molecule has 22 heavy (non-hydrogen) atoms. The molecule has 1 fully saturated rings. The number of aliphatic imine (C=N–C) groups is 1. The van der Waals surface area contributed by atoms with Crippen LogP contribution in [0.2, 0.25) is 0 Å². The average Bonchev–Trinajstić information content (AvgIpc) is 3.26. The number of nitrogens with one attached hydrogen (secondary N) is 2. The highest BCUT2D eigenvalue weighted by atomic mass is 127. The van der Waals surface area contributed by atoms with Crippen LogP contribution in [0.4, 0.5) is 4.39 Å². The third kappa shape index (κ3) is 6.08. The van der Waals surface area contributed by atoms with Gasteiger partial charge in [-0.1, -0.05) is 12.1 Å². The van der Waals surface area contributed by atoms with Gasteiger partial charge in [0, 0.05) is 20.1 Å². The molecule has 1 aromatic carbocycles. The Bertz CT molecular complexity index is 489. The minimum atomic E-state index is -0.199. The van der Waals surface area contributed by atoms with Crippen LogP contribution in [-0.4, -0.2) is 45.1 Å². The fraction of sp³-hybridized carbons (Fsp3) is 0.562. The molecule has 1 atom stereocenters. The van der Waals surface area contributed by atoms with Crippen LogP contribution < -0.4 is 10.6 Å². The van der Waals surface area contributed by atoms with E-state index in [2.05, 4.69) is 20.5 Å². The highest BCUT2D eigenvalue weighted by Gasteiger charge is 2.21. The molecule has 1 unspecified atom stereocenters. The standard InChI is InChI=1S/C16H25FN4.HI/c1-18-16(19-10-12-7-8-12)20-11-15(21(2)3)13-5-4-6-14(17)9-13;/h4-6,9,12,15H,7-8,10-11H2,1-3H3,(H2,18,19,20);1H. The molecule has 1 saturated carbocycles. The Labute approximate surface area is 149 Å². The predicted molar refractivity (Wildman–Crippen MR) is 100 cm³/mol. The fourth-order valence-electron chi connectivity index (χ4n) is 2.29. The van der Waals surface area contributed by atoms with Gasteiger partial charge in [-0.15, -0.1) is 24.0 Å². The van der Waals surface area contributed by atoms with E-state index in [9.17, 15) is 4.39 Å². The molecule has 0 saturated heterocycles. The first-order valence-corrected chi connectivity index (χ1v) is 7.46. The van der Waals surface area contributed by atoms with E-state index in [1.165, 1.54) is 18.9 Å². The van der Waals surface area contributed by atoms with Crippen molar-refractivity contribution in [1.82, 2.24) is 15.5 Å². The Morgan fingerprint density at radius 2 is 2.09 bits per heavy atom. The van der Waals surface area contributed by atoms with E-state index in [0.717, 1.165) is 24.0 Å². The van der Waals surface area contributed by atoms with Crippen LogP contribution >= 0.6 is 24.0 Å². The molecule has 6 heteroatoms. The van der Waals surface area contributed by atoms with Crippen molar-refractivity contribution in [2.75, 3.05) is 34.2 Å². The molecule has 1 aliphatic carbocycles. The Kier molecular flexibility index (Phi) is 8.09. The Hall–Kier alpha value is -0.890. The lowest BCUT2D eigenvalue weighted by Crippen LogP contribution is -2.42. The van der Waals surface area contributed by atoms with Gasteiger partial charge in [0.25, 0.3) is 0 Å². The summed E-state index contributed by atoms with van der Waals surface area (Å²) >= 11 is 0. The minimum absolute atomic E-state index is 0. The van der Waals surface area contributed by atoms with Gasteiger partial charge < -0.3 is 15.5 Å². The van der Waals surface area contributed by atoms with Crippen molar-refractivity contribution in [3.8, 4) is 0 Å². The number of rotatable bonds is 6. The Balaban J connectivity index is 0.00000242. The number of hydrogen-bond donors (Lipinski definition) is 2. The summed E-state index contributed by atoms with van der Waals surface area (Å²) in [7, 11) is 5.77. The smallest absolute Gasteiger partial charge is 0.191 e. The molecule has 0 heterocycles. The van der Waals surface area contributed by atoms with Gasteiger partial charge in [-0.2, -0.15) is 0 Å². The normalized spacial score (nSPS) is 16.1. The molecular formula is C16H26FIN4. The summed E-state index contributed by atoms with van der Waals surface area (Å²) in [5.41, 5.74) is 0.963. The predicted octanol–water partition coefficient (Wildman–Crippen LogP) is 2.62. The summed E-state index contributed by atoms with van der Waals surface area (Å²) in [6.07, 6.45) is 2.63. The van der Waals surface area contributed by atoms with Crippen molar-refractivity contribution in [2.45, 2.75) is 18.9 Å². The van der Waals surface area contributed by atoms with Crippen LogP contribution in [-0.2, 0) is 0 Å². The van der Waals surface area contributed by atoms with Gasteiger partial charge in [-0.25, -0.2) is 4.39 Å². The molecule has 1 aromatic rings. The number of benzene rings is 1. The second-order valence-electron chi connectivity index (χ2n) is 5.81. The topological polar surface area (TPSA) is 39.7 Å². The average molecular weight is 420 g/mol. The maximum absolute atomic E-state index is 13.4. The number of likely N-dealkylation sites (N-methyl/N-ethyl adjacent to an activating group) is 1. The van der Waals surface area contributed by atoms with Crippen LogP contribution in [0.25, 0.3) is 0 Å². The molecule has 0 aliphatic heterocycles. The van der Waals surface area contributed by atoms with Crippen molar-refractivity contribution in [3.63, 3.8) is 0 Å². The molecule has 2 rings (SSSR count). The van der Waals surface area contributed by atoms with E-state index in [4.69, 9.17) is 0 Å². The van der Waals surface area contributed by atoms with E-state index in [1.54, 1.807) is 19.2 Å². The molecule has 0 aromatic heterocycles. The highest BCUT2D eigenvalue weighted by molar-refractivity contribution is 14.0. The van der Waals surface area contributed by atoms with Crippen molar-refractivity contribution >= 4 is 29.9 Å². The number of nitrogens with zero attached hydrogens (tertiary/aromatic N) is 2. The second-order valence-corrected chi connectivity index (χ2v) is 5.81. The van der Waals surface area contributed by atoms with E-state index < -0.39 is 0 Å². The van der Waals surface area contributed by atoms with Crippen LogP contribution in [0.5, 0.6) is 0 Å². The van der Waals surface area contributed by atoms with Gasteiger partial charge in [-0.05, 0) is 50.6 Å². The first kappa shape index (κ1) is 19.2. The lowest BCUT2D eigenvalue weighted by molar-refractivity contribution is 0.297. The summed E-state index contributed by atoms with van der Waals surface area (Å²) in [5.74, 6) is 1.41. The summed E-state index contributed by atoms with van der Waals surface area (Å²) in [6.45, 7) is 1.66. The summed E-state index contributed by atoms with van der Waals surface area (Å²) in [6, 6.07) is 6.86. The summed E-state index contributed by atoms with van der Waals surface area (Å²) in [4.78, 5) is 6.31.